The molecule has 0 heterocycles. The summed E-state index contributed by atoms with van der Waals surface area (Å²) >= 11 is 0. The molecule has 0 aromatic heterocycles. The summed E-state index contributed by atoms with van der Waals surface area (Å²) in [5, 5.41) is 13.3. The fourth-order valence-electron chi connectivity index (χ4n) is 0.975. The number of oxime groups is 1. The van der Waals surface area contributed by atoms with E-state index in [1.807, 2.05) is 0 Å². The van der Waals surface area contributed by atoms with E-state index in [2.05, 4.69) is 29.2 Å². The Labute approximate surface area is 90.6 Å². The van der Waals surface area contributed by atoms with Crippen molar-refractivity contribution in [1.82, 2.24) is 10.2 Å². The van der Waals surface area contributed by atoms with Gasteiger partial charge >= 0.3 is 0 Å². The summed E-state index contributed by atoms with van der Waals surface area (Å²) in [6.07, 6.45) is 0.849. The van der Waals surface area contributed by atoms with E-state index in [1.54, 1.807) is 0 Å². The van der Waals surface area contributed by atoms with E-state index in [-0.39, 0.29) is 18.3 Å². The van der Waals surface area contributed by atoms with Gasteiger partial charge in [-0.1, -0.05) is 19.0 Å². The molecule has 14 heavy (non-hydrogen) atoms. The van der Waals surface area contributed by atoms with Crippen LogP contribution in [-0.4, -0.2) is 48.4 Å². The molecule has 0 aromatic rings. The summed E-state index contributed by atoms with van der Waals surface area (Å²) in [6.45, 7) is 7.48. The molecule has 0 saturated carbocycles. The van der Waals surface area contributed by atoms with E-state index >= 15 is 0 Å². The second kappa shape index (κ2) is 10.3. The zero-order chi connectivity index (χ0) is 10.1. The van der Waals surface area contributed by atoms with Crippen LogP contribution in [0.2, 0.25) is 0 Å². The van der Waals surface area contributed by atoms with E-state index in [1.165, 1.54) is 0 Å². The molecule has 0 atom stereocenters. The van der Waals surface area contributed by atoms with Crippen LogP contribution in [0, 0.1) is 0 Å². The maximum Gasteiger partial charge on any atom is 0.265 e. The molecule has 0 fully saturated rings. The molecular weight excluding hydrogens is 206 g/mol. The number of hydrogen-bond acceptors (Lipinski definition) is 4. The SMILES string of the molecule is CCN(CC)CCNC(=O)C=NO.Cl. The minimum absolute atomic E-state index is 0. The first-order valence-electron chi connectivity index (χ1n) is 4.42. The molecule has 5 nitrogen and oxygen atoms in total. The molecule has 6 heteroatoms. The highest BCUT2D eigenvalue weighted by Gasteiger charge is 1.99. The van der Waals surface area contributed by atoms with Gasteiger partial charge in [0.25, 0.3) is 5.91 Å². The number of halogens is 1. The van der Waals surface area contributed by atoms with Crippen molar-refractivity contribution >= 4 is 24.5 Å². The molecule has 84 valence electrons. The highest BCUT2D eigenvalue weighted by atomic mass is 35.5. The zero-order valence-corrected chi connectivity index (χ0v) is 9.38. The Hall–Kier alpha value is -0.810. The van der Waals surface area contributed by atoms with Crippen LogP contribution in [-0.2, 0) is 4.79 Å². The number of amides is 1. The van der Waals surface area contributed by atoms with Crippen LogP contribution < -0.4 is 5.32 Å². The van der Waals surface area contributed by atoms with Crippen molar-refractivity contribution < 1.29 is 10.0 Å². The van der Waals surface area contributed by atoms with E-state index in [9.17, 15) is 4.79 Å². The first kappa shape index (κ1) is 15.7. The molecule has 0 saturated heterocycles. The zero-order valence-electron chi connectivity index (χ0n) is 8.56. The molecular formula is C8H18ClN3O2. The summed E-state index contributed by atoms with van der Waals surface area (Å²) in [5.41, 5.74) is 0. The molecule has 0 rings (SSSR count). The molecule has 0 unspecified atom stereocenters. The number of carbonyl (C=O) groups is 1. The second-order valence-electron chi connectivity index (χ2n) is 2.56. The quantitative estimate of drug-likeness (QED) is 0.388. The van der Waals surface area contributed by atoms with Crippen LogP contribution in [0.1, 0.15) is 13.8 Å². The van der Waals surface area contributed by atoms with Gasteiger partial charge in [0.05, 0.1) is 0 Å². The molecule has 1 amide bonds. The monoisotopic (exact) mass is 223 g/mol. The highest BCUT2D eigenvalue weighted by molar-refractivity contribution is 6.25. The number of likely N-dealkylation sites (N-methyl/N-ethyl adjacent to an activating group) is 1. The van der Waals surface area contributed by atoms with Crippen molar-refractivity contribution in [3.05, 3.63) is 0 Å². The topological polar surface area (TPSA) is 64.9 Å². The fraction of sp³-hybridized carbons (Fsp3) is 0.750. The van der Waals surface area contributed by atoms with Gasteiger partial charge in [0.2, 0.25) is 0 Å². The summed E-state index contributed by atoms with van der Waals surface area (Å²) < 4.78 is 0. The van der Waals surface area contributed by atoms with Crippen LogP contribution in [0.4, 0.5) is 0 Å². The summed E-state index contributed by atoms with van der Waals surface area (Å²) in [7, 11) is 0. The van der Waals surface area contributed by atoms with Crippen molar-refractivity contribution in [2.75, 3.05) is 26.2 Å². The van der Waals surface area contributed by atoms with Gasteiger partial charge in [-0.3, -0.25) is 4.79 Å². The normalized spacial score (nSPS) is 10.2. The number of carbonyl (C=O) groups excluding carboxylic acids is 1. The predicted octanol–water partition coefficient (Wildman–Crippen LogP) is 0.326. The third kappa shape index (κ3) is 7.82. The summed E-state index contributed by atoms with van der Waals surface area (Å²) in [5.74, 6) is -0.366. The van der Waals surface area contributed by atoms with Gasteiger partial charge in [-0.05, 0) is 13.1 Å². The maximum atomic E-state index is 10.8. The Kier molecular flexibility index (Phi) is 11.5. The van der Waals surface area contributed by atoms with Gasteiger partial charge in [-0.25, -0.2) is 0 Å². The van der Waals surface area contributed by atoms with Crippen LogP contribution in [0.3, 0.4) is 0 Å². The first-order chi connectivity index (χ1) is 6.24. The maximum absolute atomic E-state index is 10.8. The Morgan fingerprint density at radius 3 is 2.50 bits per heavy atom. The third-order valence-electron chi connectivity index (χ3n) is 1.80. The Morgan fingerprint density at radius 2 is 2.07 bits per heavy atom. The average molecular weight is 224 g/mol. The van der Waals surface area contributed by atoms with E-state index in [0.29, 0.717) is 6.54 Å². The van der Waals surface area contributed by atoms with E-state index < -0.39 is 0 Å². The average Bonchev–Trinajstić information content (AvgIpc) is 2.13. The van der Waals surface area contributed by atoms with Crippen molar-refractivity contribution in [3.63, 3.8) is 0 Å². The number of rotatable bonds is 6. The number of nitrogens with one attached hydrogen (secondary N) is 1. The molecule has 0 spiro atoms. The van der Waals surface area contributed by atoms with Gasteiger partial charge in [0.15, 0.2) is 0 Å². The van der Waals surface area contributed by atoms with Gasteiger partial charge in [-0.2, -0.15) is 0 Å². The van der Waals surface area contributed by atoms with E-state index in [4.69, 9.17) is 5.21 Å². The van der Waals surface area contributed by atoms with Gasteiger partial charge in [0, 0.05) is 13.1 Å². The lowest BCUT2D eigenvalue weighted by atomic mass is 10.4. The predicted molar refractivity (Wildman–Crippen MR) is 58.3 cm³/mol. The third-order valence-corrected chi connectivity index (χ3v) is 1.80. The van der Waals surface area contributed by atoms with Crippen LogP contribution >= 0.6 is 12.4 Å². The lowest BCUT2D eigenvalue weighted by molar-refractivity contribution is -0.114. The summed E-state index contributed by atoms with van der Waals surface area (Å²) in [4.78, 5) is 13.0. The highest BCUT2D eigenvalue weighted by Crippen LogP contribution is 1.83. The molecule has 0 aliphatic rings. The second-order valence-corrected chi connectivity index (χ2v) is 2.56. The van der Waals surface area contributed by atoms with Crippen molar-refractivity contribution in [2.24, 2.45) is 5.16 Å². The number of nitrogens with zero attached hydrogens (tertiary/aromatic N) is 2. The lowest BCUT2D eigenvalue weighted by Crippen LogP contribution is -2.35. The molecule has 0 aliphatic heterocycles. The van der Waals surface area contributed by atoms with Gasteiger partial charge in [-0.15, -0.1) is 12.4 Å². The standard InChI is InChI=1S/C8H17N3O2.ClH/c1-3-11(4-2)6-5-9-8(12)7-10-13;/h7,13H,3-6H2,1-2H3,(H,9,12);1H. The van der Waals surface area contributed by atoms with Crippen molar-refractivity contribution in [2.45, 2.75) is 13.8 Å². The molecule has 0 aromatic carbocycles. The Morgan fingerprint density at radius 1 is 1.50 bits per heavy atom. The first-order valence-corrected chi connectivity index (χ1v) is 4.42. The minimum Gasteiger partial charge on any atom is -0.411 e. The largest absolute Gasteiger partial charge is 0.411 e. The van der Waals surface area contributed by atoms with Gasteiger partial charge < -0.3 is 15.4 Å². The van der Waals surface area contributed by atoms with Crippen LogP contribution in [0.15, 0.2) is 5.16 Å². The molecule has 0 aliphatic carbocycles. The smallest absolute Gasteiger partial charge is 0.265 e. The Balaban J connectivity index is 0. The van der Waals surface area contributed by atoms with Crippen LogP contribution in [0.5, 0.6) is 0 Å². The number of hydrogen-bond donors (Lipinski definition) is 2. The fourth-order valence-corrected chi connectivity index (χ4v) is 0.975. The summed E-state index contributed by atoms with van der Waals surface area (Å²) in [6, 6.07) is 0. The van der Waals surface area contributed by atoms with Crippen LogP contribution in [0.25, 0.3) is 0 Å². The van der Waals surface area contributed by atoms with Gasteiger partial charge in [0.1, 0.15) is 6.21 Å². The van der Waals surface area contributed by atoms with E-state index in [0.717, 1.165) is 25.8 Å². The Bertz CT molecular complexity index is 172. The molecule has 0 bridgehead atoms. The minimum atomic E-state index is -0.366. The lowest BCUT2D eigenvalue weighted by Gasteiger charge is -2.17. The van der Waals surface area contributed by atoms with Crippen molar-refractivity contribution in [3.8, 4) is 0 Å². The molecule has 0 radical (unpaired) electrons. The van der Waals surface area contributed by atoms with Crippen molar-refractivity contribution in [1.29, 1.82) is 0 Å². The molecule has 2 N–H and O–H groups in total.